The molecule has 2 heterocycles. The molecule has 0 saturated carbocycles. The molecular formula is C25H21Cl2N3O4S. The summed E-state index contributed by atoms with van der Waals surface area (Å²) in [6, 6.07) is 19.3. The molecule has 0 fully saturated rings. The fraction of sp³-hybridized carbons (Fsp3) is 0.160. The number of sulfonamides is 1. The number of fused-ring (bicyclic) bond motifs is 2. The quantitative estimate of drug-likeness (QED) is 0.342. The Balaban J connectivity index is 1.48. The highest BCUT2D eigenvalue weighted by Crippen LogP contribution is 2.35. The monoisotopic (exact) mass is 529 g/mol. The van der Waals surface area contributed by atoms with E-state index in [1.54, 1.807) is 6.07 Å². The molecule has 1 aromatic heterocycles. The number of anilines is 2. The molecule has 0 unspecified atom stereocenters. The van der Waals surface area contributed by atoms with Gasteiger partial charge < -0.3 is 14.4 Å². The molecule has 0 aliphatic carbocycles. The van der Waals surface area contributed by atoms with Crippen molar-refractivity contribution in [1.82, 2.24) is 4.98 Å². The summed E-state index contributed by atoms with van der Waals surface area (Å²) in [7, 11) is -2.06. The fourth-order valence-corrected chi connectivity index (χ4v) is 5.63. The van der Waals surface area contributed by atoms with Gasteiger partial charge >= 0.3 is 0 Å². The van der Waals surface area contributed by atoms with E-state index in [0.717, 1.165) is 28.9 Å². The number of pyridine rings is 1. The third kappa shape index (κ3) is 4.82. The van der Waals surface area contributed by atoms with Crippen LogP contribution < -0.4 is 19.1 Å². The first-order valence-corrected chi connectivity index (χ1v) is 13.0. The third-order valence-corrected chi connectivity index (χ3v) is 7.97. The third-order valence-electron chi connectivity index (χ3n) is 5.63. The standard InChI is InChI=1S/C25H21Cl2N3O4S/c1-30-11-12-33-22-13-16(9-10-21(22)30)15-34-25-20(14-17-5-2-3-7-19(17)28-25)29-35(31,32)23-8-4-6-18(26)24(23)27/h2-10,13-14,29H,11-12,15H2,1H3. The molecule has 3 aromatic carbocycles. The summed E-state index contributed by atoms with van der Waals surface area (Å²) in [5, 5.41) is 0.833. The van der Waals surface area contributed by atoms with Gasteiger partial charge in [0.1, 0.15) is 29.5 Å². The van der Waals surface area contributed by atoms with Crippen LogP contribution in [0.4, 0.5) is 11.4 Å². The Bertz CT molecular complexity index is 1530. The Labute approximate surface area is 213 Å². The average molecular weight is 530 g/mol. The molecule has 0 radical (unpaired) electrons. The number of rotatable bonds is 6. The van der Waals surface area contributed by atoms with E-state index in [0.29, 0.717) is 12.1 Å². The molecule has 10 heteroatoms. The number of nitrogens with one attached hydrogen (secondary N) is 1. The average Bonchev–Trinajstić information content (AvgIpc) is 2.84. The van der Waals surface area contributed by atoms with Crippen molar-refractivity contribution in [3.63, 3.8) is 0 Å². The Morgan fingerprint density at radius 3 is 2.77 bits per heavy atom. The van der Waals surface area contributed by atoms with Gasteiger partial charge in [-0.05, 0) is 42.0 Å². The number of aromatic nitrogens is 1. The zero-order valence-electron chi connectivity index (χ0n) is 18.7. The lowest BCUT2D eigenvalue weighted by molar-refractivity contribution is 0.291. The van der Waals surface area contributed by atoms with Crippen LogP contribution in [0.1, 0.15) is 5.56 Å². The van der Waals surface area contributed by atoms with Gasteiger partial charge in [0, 0.05) is 12.4 Å². The van der Waals surface area contributed by atoms with Gasteiger partial charge in [-0.25, -0.2) is 13.4 Å². The largest absolute Gasteiger partial charge is 0.490 e. The van der Waals surface area contributed by atoms with Crippen molar-refractivity contribution >= 4 is 55.5 Å². The number of benzene rings is 3. The SMILES string of the molecule is CN1CCOc2cc(COc3nc4ccccc4cc3NS(=O)(=O)c3cccc(Cl)c3Cl)ccc21. The second-order valence-electron chi connectivity index (χ2n) is 8.05. The number of halogens is 2. The van der Waals surface area contributed by atoms with Crippen LogP contribution in [0.5, 0.6) is 11.6 Å². The first-order chi connectivity index (χ1) is 16.8. The topological polar surface area (TPSA) is 80.8 Å². The molecule has 0 spiro atoms. The lowest BCUT2D eigenvalue weighted by Gasteiger charge is -2.28. The predicted octanol–water partition coefficient (Wildman–Crippen LogP) is 5.75. The molecule has 1 aliphatic heterocycles. The van der Waals surface area contributed by atoms with Gasteiger partial charge in [-0.2, -0.15) is 0 Å². The first-order valence-electron chi connectivity index (χ1n) is 10.8. The smallest absolute Gasteiger partial charge is 0.263 e. The molecule has 180 valence electrons. The highest BCUT2D eigenvalue weighted by atomic mass is 35.5. The maximum absolute atomic E-state index is 13.2. The lowest BCUT2D eigenvalue weighted by atomic mass is 10.1. The van der Waals surface area contributed by atoms with Crippen LogP contribution >= 0.6 is 23.2 Å². The molecule has 0 bridgehead atoms. The summed E-state index contributed by atoms with van der Waals surface area (Å²) in [5.41, 5.74) is 2.73. The van der Waals surface area contributed by atoms with Crippen molar-refractivity contribution in [2.24, 2.45) is 0 Å². The minimum atomic E-state index is -4.07. The number of para-hydroxylation sites is 1. The summed E-state index contributed by atoms with van der Waals surface area (Å²) in [5.74, 6) is 0.920. The predicted molar refractivity (Wildman–Crippen MR) is 139 cm³/mol. The van der Waals surface area contributed by atoms with Crippen molar-refractivity contribution < 1.29 is 17.9 Å². The number of nitrogens with zero attached hydrogens (tertiary/aromatic N) is 2. The summed E-state index contributed by atoms with van der Waals surface area (Å²) >= 11 is 12.2. The van der Waals surface area contributed by atoms with Gasteiger partial charge in [0.15, 0.2) is 0 Å². The molecule has 7 nitrogen and oxygen atoms in total. The molecule has 0 amide bonds. The minimum absolute atomic E-state index is 0.0584. The summed E-state index contributed by atoms with van der Waals surface area (Å²) in [6.07, 6.45) is 0. The first kappa shape index (κ1) is 23.5. The van der Waals surface area contributed by atoms with Crippen LogP contribution in [0.3, 0.4) is 0 Å². The zero-order chi connectivity index (χ0) is 24.6. The van der Waals surface area contributed by atoms with Gasteiger partial charge in [-0.3, -0.25) is 4.72 Å². The maximum atomic E-state index is 13.2. The lowest BCUT2D eigenvalue weighted by Crippen LogP contribution is -2.28. The molecule has 5 rings (SSSR count). The Kier molecular flexibility index (Phi) is 6.35. The molecule has 1 N–H and O–H groups in total. The summed E-state index contributed by atoms with van der Waals surface area (Å²) < 4.78 is 40.7. The molecular weight excluding hydrogens is 509 g/mol. The zero-order valence-corrected chi connectivity index (χ0v) is 21.0. The highest BCUT2D eigenvalue weighted by Gasteiger charge is 2.23. The van der Waals surface area contributed by atoms with E-state index in [2.05, 4.69) is 14.6 Å². The molecule has 0 atom stereocenters. The molecule has 0 saturated heterocycles. The van der Waals surface area contributed by atoms with E-state index < -0.39 is 10.0 Å². The van der Waals surface area contributed by atoms with Crippen molar-refractivity contribution in [3.05, 3.63) is 82.3 Å². The van der Waals surface area contributed by atoms with E-state index in [1.807, 2.05) is 49.5 Å². The van der Waals surface area contributed by atoms with Crippen molar-refractivity contribution in [3.8, 4) is 11.6 Å². The number of hydrogen-bond acceptors (Lipinski definition) is 6. The molecule has 1 aliphatic rings. The van der Waals surface area contributed by atoms with Gasteiger partial charge in [0.2, 0.25) is 5.88 Å². The van der Waals surface area contributed by atoms with Crippen LogP contribution in [0, 0.1) is 0 Å². The van der Waals surface area contributed by atoms with Crippen LogP contribution in [0.15, 0.2) is 71.6 Å². The maximum Gasteiger partial charge on any atom is 0.263 e. The Hall–Kier alpha value is -3.20. The molecule has 4 aromatic rings. The van der Waals surface area contributed by atoms with Crippen LogP contribution in [0.2, 0.25) is 10.0 Å². The van der Waals surface area contributed by atoms with Crippen molar-refractivity contribution in [1.29, 1.82) is 0 Å². The number of likely N-dealkylation sites (N-methyl/N-ethyl adjacent to an activating group) is 1. The second kappa shape index (κ2) is 9.45. The van der Waals surface area contributed by atoms with Crippen molar-refractivity contribution in [2.75, 3.05) is 29.8 Å². The summed E-state index contributed by atoms with van der Waals surface area (Å²) in [6.45, 7) is 1.60. The minimum Gasteiger partial charge on any atom is -0.490 e. The van der Waals surface area contributed by atoms with Crippen molar-refractivity contribution in [2.45, 2.75) is 11.5 Å². The van der Waals surface area contributed by atoms with Gasteiger partial charge in [-0.1, -0.05) is 53.5 Å². The van der Waals surface area contributed by atoms with E-state index in [-0.39, 0.29) is 33.1 Å². The summed E-state index contributed by atoms with van der Waals surface area (Å²) in [4.78, 5) is 6.55. The van der Waals surface area contributed by atoms with Gasteiger partial charge in [0.05, 0.1) is 27.8 Å². The van der Waals surface area contributed by atoms with E-state index in [1.165, 1.54) is 18.2 Å². The highest BCUT2D eigenvalue weighted by molar-refractivity contribution is 7.92. The number of ether oxygens (including phenoxy) is 2. The van der Waals surface area contributed by atoms with Crippen LogP contribution in [-0.2, 0) is 16.6 Å². The number of hydrogen-bond donors (Lipinski definition) is 1. The Morgan fingerprint density at radius 1 is 1.09 bits per heavy atom. The second-order valence-corrected chi connectivity index (χ2v) is 10.5. The van der Waals surface area contributed by atoms with E-state index >= 15 is 0 Å². The van der Waals surface area contributed by atoms with Crippen LogP contribution in [0.25, 0.3) is 10.9 Å². The normalized spacial score (nSPS) is 13.3. The Morgan fingerprint density at radius 2 is 1.91 bits per heavy atom. The fourth-order valence-electron chi connectivity index (χ4n) is 3.82. The van der Waals surface area contributed by atoms with Crippen LogP contribution in [-0.4, -0.2) is 33.6 Å². The van der Waals surface area contributed by atoms with Gasteiger partial charge in [0.25, 0.3) is 10.0 Å². The molecule has 35 heavy (non-hydrogen) atoms. The van der Waals surface area contributed by atoms with E-state index in [9.17, 15) is 8.42 Å². The van der Waals surface area contributed by atoms with Gasteiger partial charge in [-0.15, -0.1) is 0 Å². The van der Waals surface area contributed by atoms with E-state index in [4.69, 9.17) is 32.7 Å².